The third-order valence-electron chi connectivity index (χ3n) is 3.14. The van der Waals surface area contributed by atoms with E-state index in [1.807, 2.05) is 0 Å². The summed E-state index contributed by atoms with van der Waals surface area (Å²) in [6.45, 7) is 15.5. The fourth-order valence-corrected chi connectivity index (χ4v) is 11.4. The summed E-state index contributed by atoms with van der Waals surface area (Å²) in [5.74, 6) is 3.55. The van der Waals surface area contributed by atoms with Crippen LogP contribution in [0.25, 0.3) is 0 Å². The Labute approximate surface area is 152 Å². The van der Waals surface area contributed by atoms with E-state index < -0.39 is 28.0 Å². The van der Waals surface area contributed by atoms with Crippen molar-refractivity contribution in [2.75, 3.05) is 0 Å². The molecule has 7 N–H and O–H groups in total. The van der Waals surface area contributed by atoms with Crippen molar-refractivity contribution in [2.24, 2.45) is 5.84 Å². The summed E-state index contributed by atoms with van der Waals surface area (Å²) in [6, 6.07) is 4.12. The zero-order chi connectivity index (χ0) is 20.1. The molecule has 1 aromatic rings. The van der Waals surface area contributed by atoms with Crippen LogP contribution in [0.5, 0.6) is 11.5 Å². The van der Waals surface area contributed by atoms with Gasteiger partial charge in [0.2, 0.25) is 0 Å². The van der Waals surface area contributed by atoms with Gasteiger partial charge in [-0.15, -0.1) is 0 Å². The number of hydrogen-bond donors (Lipinski definition) is 6. The number of phenolic OH excluding ortho intramolecular Hbond substituents is 2. The SMILES string of the molecule is C[C@@](Cc1ccc(O)c(O)c1)(NN)C(=O)O.C[Si](C)(C)N[Si](C)(C)C. The third kappa shape index (κ3) is 9.61. The van der Waals surface area contributed by atoms with Crippen molar-refractivity contribution in [3.63, 3.8) is 0 Å². The molecule has 0 aliphatic carbocycles. The molecular formula is C16H33N3O4Si2. The minimum absolute atomic E-state index is 0.0900. The Kier molecular flexibility index (Phi) is 8.32. The van der Waals surface area contributed by atoms with E-state index in [0.29, 0.717) is 5.56 Å². The van der Waals surface area contributed by atoms with E-state index in [2.05, 4.69) is 49.4 Å². The van der Waals surface area contributed by atoms with E-state index in [0.717, 1.165) is 0 Å². The number of aliphatic carboxylic acids is 1. The highest BCUT2D eigenvalue weighted by atomic mass is 28.4. The van der Waals surface area contributed by atoms with E-state index in [-0.39, 0.29) is 17.9 Å². The molecule has 0 amide bonds. The van der Waals surface area contributed by atoms with Gasteiger partial charge < -0.3 is 20.0 Å². The van der Waals surface area contributed by atoms with Gasteiger partial charge in [-0.1, -0.05) is 45.3 Å². The Hall–Kier alpha value is -1.40. The second-order valence-corrected chi connectivity index (χ2v) is 18.4. The molecule has 0 saturated carbocycles. The summed E-state index contributed by atoms with van der Waals surface area (Å²) in [7, 11) is -1.96. The number of benzene rings is 1. The Morgan fingerprint density at radius 3 is 1.84 bits per heavy atom. The molecule has 7 nitrogen and oxygen atoms in total. The van der Waals surface area contributed by atoms with Crippen molar-refractivity contribution in [1.82, 2.24) is 10.1 Å². The molecule has 25 heavy (non-hydrogen) atoms. The quantitative estimate of drug-likeness (QED) is 0.191. The molecule has 1 atom stereocenters. The third-order valence-corrected chi connectivity index (χ3v) is 9.14. The van der Waals surface area contributed by atoms with Crippen molar-refractivity contribution in [2.45, 2.75) is 58.2 Å². The average Bonchev–Trinajstić information content (AvgIpc) is 2.39. The highest BCUT2D eigenvalue weighted by Gasteiger charge is 2.32. The highest BCUT2D eigenvalue weighted by Crippen LogP contribution is 2.26. The van der Waals surface area contributed by atoms with Crippen LogP contribution in [0.3, 0.4) is 0 Å². The Morgan fingerprint density at radius 2 is 1.56 bits per heavy atom. The first-order valence-corrected chi connectivity index (χ1v) is 15.1. The van der Waals surface area contributed by atoms with Gasteiger partial charge in [-0.05, 0) is 24.6 Å². The van der Waals surface area contributed by atoms with Gasteiger partial charge in [-0.3, -0.25) is 10.6 Å². The van der Waals surface area contributed by atoms with Crippen LogP contribution in [0, 0.1) is 0 Å². The number of phenols is 2. The van der Waals surface area contributed by atoms with E-state index in [4.69, 9.17) is 16.1 Å². The topological polar surface area (TPSA) is 128 Å². The highest BCUT2D eigenvalue weighted by molar-refractivity contribution is 6.90. The van der Waals surface area contributed by atoms with Crippen LogP contribution < -0.4 is 15.9 Å². The molecule has 1 aromatic carbocycles. The van der Waals surface area contributed by atoms with Gasteiger partial charge in [0.05, 0.1) is 0 Å². The van der Waals surface area contributed by atoms with Gasteiger partial charge in [0.15, 0.2) is 11.5 Å². The maximum Gasteiger partial charge on any atom is 0.325 e. The number of rotatable bonds is 6. The molecule has 0 aliphatic rings. The molecule has 0 bridgehead atoms. The van der Waals surface area contributed by atoms with Gasteiger partial charge in [0, 0.05) is 6.42 Å². The summed E-state index contributed by atoms with van der Waals surface area (Å²) in [5.41, 5.74) is 1.45. The monoisotopic (exact) mass is 387 g/mol. The minimum atomic E-state index is -1.32. The maximum atomic E-state index is 11.0. The summed E-state index contributed by atoms with van der Waals surface area (Å²) in [6.07, 6.45) is 0.0900. The smallest absolute Gasteiger partial charge is 0.325 e. The molecule has 9 heteroatoms. The Morgan fingerprint density at radius 1 is 1.08 bits per heavy atom. The molecule has 144 valence electrons. The number of nitrogens with one attached hydrogen (secondary N) is 2. The minimum Gasteiger partial charge on any atom is -0.504 e. The fraction of sp³-hybridized carbons (Fsp3) is 0.562. The molecule has 0 spiro atoms. The molecule has 0 fully saturated rings. The van der Waals surface area contributed by atoms with Crippen LogP contribution in [-0.2, 0) is 11.2 Å². The van der Waals surface area contributed by atoms with Crippen molar-refractivity contribution in [1.29, 1.82) is 0 Å². The van der Waals surface area contributed by atoms with Gasteiger partial charge in [0.25, 0.3) is 0 Å². The number of carboxylic acids is 1. The van der Waals surface area contributed by atoms with Crippen molar-refractivity contribution >= 4 is 22.4 Å². The largest absolute Gasteiger partial charge is 0.504 e. The predicted octanol–water partition coefficient (Wildman–Crippen LogP) is 2.19. The van der Waals surface area contributed by atoms with Crippen LogP contribution in [0.15, 0.2) is 18.2 Å². The van der Waals surface area contributed by atoms with Gasteiger partial charge >= 0.3 is 5.97 Å². The van der Waals surface area contributed by atoms with Gasteiger partial charge in [0.1, 0.15) is 22.0 Å². The zero-order valence-electron chi connectivity index (χ0n) is 16.3. The average molecular weight is 388 g/mol. The van der Waals surface area contributed by atoms with Gasteiger partial charge in [-0.25, -0.2) is 5.43 Å². The zero-order valence-corrected chi connectivity index (χ0v) is 18.3. The van der Waals surface area contributed by atoms with Crippen molar-refractivity contribution in [3.05, 3.63) is 23.8 Å². The molecule has 0 saturated heterocycles. The number of hydrogen-bond acceptors (Lipinski definition) is 6. The Balaban J connectivity index is 0.000000547. The van der Waals surface area contributed by atoms with Crippen LogP contribution in [0.1, 0.15) is 12.5 Å². The lowest BCUT2D eigenvalue weighted by Gasteiger charge is -2.28. The molecule has 0 unspecified atom stereocenters. The number of carbonyl (C=O) groups is 1. The van der Waals surface area contributed by atoms with Crippen molar-refractivity contribution in [3.8, 4) is 11.5 Å². The summed E-state index contributed by atoms with van der Waals surface area (Å²) < 4.78 is 3.74. The van der Waals surface area contributed by atoms with E-state index in [1.54, 1.807) is 0 Å². The number of hydrazine groups is 1. The maximum absolute atomic E-state index is 11.0. The lowest BCUT2D eigenvalue weighted by molar-refractivity contribution is -0.144. The predicted molar refractivity (Wildman–Crippen MR) is 107 cm³/mol. The molecule has 0 heterocycles. The normalized spacial score (nSPS) is 14.2. The van der Waals surface area contributed by atoms with Crippen LogP contribution in [-0.4, -0.2) is 43.3 Å². The van der Waals surface area contributed by atoms with Crippen LogP contribution in [0.4, 0.5) is 0 Å². The first-order chi connectivity index (χ1) is 11.1. The summed E-state index contributed by atoms with van der Waals surface area (Å²) in [4.78, 5) is 11.0. The number of aromatic hydroxyl groups is 2. The lowest BCUT2D eigenvalue weighted by atomic mass is 9.93. The fourth-order valence-electron chi connectivity index (χ4n) is 2.40. The van der Waals surface area contributed by atoms with E-state index in [9.17, 15) is 9.90 Å². The first kappa shape index (κ1) is 23.6. The summed E-state index contributed by atoms with van der Waals surface area (Å²) >= 11 is 0. The van der Waals surface area contributed by atoms with Crippen LogP contribution >= 0.6 is 0 Å². The first-order valence-electron chi connectivity index (χ1n) is 8.11. The lowest BCUT2D eigenvalue weighted by Crippen LogP contribution is -2.55. The van der Waals surface area contributed by atoms with E-state index >= 15 is 0 Å². The Bertz CT molecular complexity index is 574. The molecule has 0 aromatic heterocycles. The molecule has 0 aliphatic heterocycles. The molecule has 0 radical (unpaired) electrons. The second-order valence-electron chi connectivity index (χ2n) is 8.41. The summed E-state index contributed by atoms with van der Waals surface area (Å²) in [5, 5.41) is 27.3. The van der Waals surface area contributed by atoms with Gasteiger partial charge in [-0.2, -0.15) is 0 Å². The van der Waals surface area contributed by atoms with E-state index in [1.165, 1.54) is 25.1 Å². The second kappa shape index (κ2) is 8.81. The van der Waals surface area contributed by atoms with Crippen LogP contribution in [0.2, 0.25) is 39.3 Å². The number of nitrogens with two attached hydrogens (primary N) is 1. The molecular weight excluding hydrogens is 354 g/mol. The standard InChI is InChI=1S/C10H14N2O4.C6H19NSi2/c1-10(12-11,9(15)16)5-6-2-3-7(13)8(14)4-6;1-8(2,3)7-9(4,5)6/h2-4,12-14H,5,11H2,1H3,(H,15,16);7H,1-6H3/t10-;/m0./s1. The van der Waals surface area contributed by atoms with Crippen molar-refractivity contribution < 1.29 is 20.1 Å². The molecule has 1 rings (SSSR count). The number of carboxylic acid groups (broad SMARTS) is 1.